The SMILES string of the molecule is CC1(C)OC(=O)C=C[C@@]2(C)C1=CC(=O)C=C1[C@@H]3C(=O)O[C@@H](c4ccoc4)[C@]3(C)CC[C@@H]12. The fourth-order valence-electron chi connectivity index (χ4n) is 6.36. The van der Waals surface area contributed by atoms with E-state index in [1.165, 1.54) is 6.08 Å². The monoisotopic (exact) mass is 422 g/mol. The summed E-state index contributed by atoms with van der Waals surface area (Å²) in [5, 5.41) is 0. The molecule has 0 spiro atoms. The molecule has 0 N–H and O–H groups in total. The Morgan fingerprint density at radius 1 is 1.06 bits per heavy atom. The predicted molar refractivity (Wildman–Crippen MR) is 110 cm³/mol. The highest BCUT2D eigenvalue weighted by atomic mass is 16.6. The normalized spacial score (nSPS) is 38.6. The third-order valence-corrected chi connectivity index (χ3v) is 7.75. The lowest BCUT2D eigenvalue weighted by atomic mass is 9.53. The van der Waals surface area contributed by atoms with Gasteiger partial charge in [0.1, 0.15) is 11.7 Å². The second-order valence-corrected chi connectivity index (χ2v) is 10.1. The van der Waals surface area contributed by atoms with Crippen LogP contribution in [0.4, 0.5) is 0 Å². The maximum atomic E-state index is 13.2. The summed E-state index contributed by atoms with van der Waals surface area (Å²) in [5.74, 6) is -1.59. The van der Waals surface area contributed by atoms with Crippen LogP contribution in [0.25, 0.3) is 0 Å². The summed E-state index contributed by atoms with van der Waals surface area (Å²) in [4.78, 5) is 38.5. The van der Waals surface area contributed by atoms with Crippen LogP contribution in [0.15, 0.2) is 58.5 Å². The van der Waals surface area contributed by atoms with E-state index in [0.717, 1.165) is 29.6 Å². The molecular formula is C25H26O6. The fraction of sp³-hybridized carbons (Fsp3) is 0.480. The van der Waals surface area contributed by atoms with Gasteiger partial charge in [-0.15, -0.1) is 0 Å². The summed E-state index contributed by atoms with van der Waals surface area (Å²) in [6, 6.07) is 1.82. The number of ether oxygens (including phenoxy) is 2. The van der Waals surface area contributed by atoms with Crippen molar-refractivity contribution in [3.05, 3.63) is 59.6 Å². The highest BCUT2D eigenvalue weighted by Crippen LogP contribution is 2.64. The minimum Gasteiger partial charge on any atom is -0.472 e. The van der Waals surface area contributed by atoms with Crippen LogP contribution >= 0.6 is 0 Å². The third kappa shape index (κ3) is 2.73. The Labute approximate surface area is 181 Å². The molecule has 31 heavy (non-hydrogen) atoms. The Kier molecular flexibility index (Phi) is 4.08. The van der Waals surface area contributed by atoms with E-state index in [-0.39, 0.29) is 17.7 Å². The molecule has 1 aromatic heterocycles. The summed E-state index contributed by atoms with van der Waals surface area (Å²) in [7, 11) is 0. The summed E-state index contributed by atoms with van der Waals surface area (Å²) in [6.45, 7) is 7.72. The molecule has 4 aliphatic rings. The molecule has 2 fully saturated rings. The molecule has 0 bridgehead atoms. The van der Waals surface area contributed by atoms with Crippen LogP contribution in [0.5, 0.6) is 0 Å². The molecule has 162 valence electrons. The average molecular weight is 422 g/mol. The number of esters is 2. The Morgan fingerprint density at radius 2 is 1.84 bits per heavy atom. The largest absolute Gasteiger partial charge is 0.472 e. The standard InChI is InChI=1S/C25H26O6/c1-23(2)18-12-15(26)11-16-17(24(18,3)9-6-19(27)31-23)5-8-25(4)20(16)22(28)30-21(25)14-7-10-29-13-14/h6-7,9-13,17,20-21H,5,8H2,1-4H3/t17-,20+,21-,24+,25+/m0/s1. The predicted octanol–water partition coefficient (Wildman–Crippen LogP) is 4.24. The van der Waals surface area contributed by atoms with Gasteiger partial charge in [-0.2, -0.15) is 0 Å². The quantitative estimate of drug-likeness (QED) is 0.630. The van der Waals surface area contributed by atoms with E-state index in [1.807, 2.05) is 32.9 Å². The van der Waals surface area contributed by atoms with E-state index in [1.54, 1.807) is 24.7 Å². The molecule has 1 saturated carbocycles. The van der Waals surface area contributed by atoms with Gasteiger partial charge in [-0.1, -0.05) is 19.9 Å². The van der Waals surface area contributed by atoms with Gasteiger partial charge in [-0.3, -0.25) is 9.59 Å². The third-order valence-electron chi connectivity index (χ3n) is 7.75. The van der Waals surface area contributed by atoms with Crippen molar-refractivity contribution in [2.45, 2.75) is 52.2 Å². The smallest absolute Gasteiger partial charge is 0.331 e. The van der Waals surface area contributed by atoms with E-state index in [4.69, 9.17) is 13.9 Å². The van der Waals surface area contributed by atoms with Crippen LogP contribution in [0.3, 0.4) is 0 Å². The van der Waals surface area contributed by atoms with Gasteiger partial charge in [0.2, 0.25) is 0 Å². The second kappa shape index (κ2) is 6.31. The number of hydrogen-bond acceptors (Lipinski definition) is 6. The van der Waals surface area contributed by atoms with Crippen LogP contribution in [0.2, 0.25) is 0 Å². The van der Waals surface area contributed by atoms with Crippen molar-refractivity contribution in [2.75, 3.05) is 0 Å². The van der Waals surface area contributed by atoms with Crippen LogP contribution in [-0.2, 0) is 23.9 Å². The first kappa shape index (κ1) is 20.0. The first-order valence-electron chi connectivity index (χ1n) is 10.7. The molecule has 3 heterocycles. The summed E-state index contributed by atoms with van der Waals surface area (Å²) in [6.07, 6.45) is 10.8. The van der Waals surface area contributed by atoms with Crippen molar-refractivity contribution in [3.8, 4) is 0 Å². The minimum atomic E-state index is -0.940. The van der Waals surface area contributed by atoms with Crippen LogP contribution < -0.4 is 0 Å². The Bertz CT molecular complexity index is 1070. The van der Waals surface area contributed by atoms with Crippen LogP contribution in [-0.4, -0.2) is 23.3 Å². The van der Waals surface area contributed by atoms with E-state index >= 15 is 0 Å². The first-order chi connectivity index (χ1) is 14.6. The Morgan fingerprint density at radius 3 is 2.55 bits per heavy atom. The molecule has 1 saturated heterocycles. The van der Waals surface area contributed by atoms with Gasteiger partial charge in [0.25, 0.3) is 0 Å². The first-order valence-corrected chi connectivity index (χ1v) is 10.7. The minimum absolute atomic E-state index is 0.121. The van der Waals surface area contributed by atoms with Gasteiger partial charge in [-0.05, 0) is 62.0 Å². The Balaban J connectivity index is 1.64. The fourth-order valence-corrected chi connectivity index (χ4v) is 6.36. The van der Waals surface area contributed by atoms with Crippen molar-refractivity contribution < 1.29 is 28.3 Å². The zero-order valence-corrected chi connectivity index (χ0v) is 18.1. The van der Waals surface area contributed by atoms with E-state index < -0.39 is 34.4 Å². The van der Waals surface area contributed by atoms with Crippen LogP contribution in [0, 0.1) is 22.7 Å². The number of hydrogen-bond donors (Lipinski definition) is 0. The lowest BCUT2D eigenvalue weighted by Gasteiger charge is -2.48. The number of allylic oxidation sites excluding steroid dienone is 3. The van der Waals surface area contributed by atoms with Crippen molar-refractivity contribution in [1.29, 1.82) is 0 Å². The lowest BCUT2D eigenvalue weighted by molar-refractivity contribution is -0.147. The molecule has 2 aliphatic carbocycles. The molecule has 0 aromatic carbocycles. The lowest BCUT2D eigenvalue weighted by Crippen LogP contribution is -2.45. The number of cyclic esters (lactones) is 2. The highest BCUT2D eigenvalue weighted by molar-refractivity contribution is 6.02. The van der Waals surface area contributed by atoms with E-state index in [2.05, 4.69) is 6.92 Å². The molecular weight excluding hydrogens is 396 g/mol. The zero-order chi connectivity index (χ0) is 22.2. The molecule has 0 unspecified atom stereocenters. The molecule has 1 aromatic rings. The molecule has 6 nitrogen and oxygen atoms in total. The molecule has 0 amide bonds. The molecule has 6 heteroatoms. The van der Waals surface area contributed by atoms with Gasteiger partial charge in [-0.25, -0.2) is 4.79 Å². The van der Waals surface area contributed by atoms with Gasteiger partial charge in [0.15, 0.2) is 5.78 Å². The number of carbonyl (C=O) groups excluding carboxylic acids is 3. The van der Waals surface area contributed by atoms with E-state index in [9.17, 15) is 14.4 Å². The molecule has 5 rings (SSSR count). The number of fused-ring (bicyclic) bond motifs is 5. The van der Waals surface area contributed by atoms with Crippen molar-refractivity contribution in [2.24, 2.45) is 22.7 Å². The van der Waals surface area contributed by atoms with Crippen LogP contribution in [0.1, 0.15) is 52.2 Å². The molecule has 0 radical (unpaired) electrons. The zero-order valence-electron chi connectivity index (χ0n) is 18.1. The van der Waals surface area contributed by atoms with Crippen molar-refractivity contribution in [1.82, 2.24) is 0 Å². The Hall–Kier alpha value is -2.89. The molecule has 5 atom stereocenters. The summed E-state index contributed by atoms with van der Waals surface area (Å²) in [5.41, 5.74) is 0.314. The molecule has 2 aliphatic heterocycles. The van der Waals surface area contributed by atoms with Gasteiger partial charge >= 0.3 is 11.9 Å². The topological polar surface area (TPSA) is 82.8 Å². The second-order valence-electron chi connectivity index (χ2n) is 10.1. The van der Waals surface area contributed by atoms with Gasteiger partial charge in [0, 0.05) is 22.5 Å². The van der Waals surface area contributed by atoms with Gasteiger partial charge in [0.05, 0.1) is 18.4 Å². The van der Waals surface area contributed by atoms with Gasteiger partial charge < -0.3 is 13.9 Å². The maximum absolute atomic E-state index is 13.2. The average Bonchev–Trinajstić information content (AvgIpc) is 3.25. The number of furan rings is 1. The maximum Gasteiger partial charge on any atom is 0.331 e. The van der Waals surface area contributed by atoms with Crippen molar-refractivity contribution in [3.63, 3.8) is 0 Å². The highest BCUT2D eigenvalue weighted by Gasteiger charge is 2.62. The summed E-state index contributed by atoms with van der Waals surface area (Å²) < 4.78 is 16.7. The summed E-state index contributed by atoms with van der Waals surface area (Å²) >= 11 is 0. The number of rotatable bonds is 1. The van der Waals surface area contributed by atoms with E-state index in [0.29, 0.717) is 0 Å². The number of carbonyl (C=O) groups is 3. The van der Waals surface area contributed by atoms with Crippen molar-refractivity contribution >= 4 is 17.7 Å². The number of ketones is 1.